The lowest BCUT2D eigenvalue weighted by molar-refractivity contribution is 0.00578. The van der Waals surface area contributed by atoms with Crippen LogP contribution >= 0.6 is 0 Å². The molecule has 17 heavy (non-hydrogen) atoms. The average Bonchev–Trinajstić information content (AvgIpc) is 2.53. The topological polar surface area (TPSA) is 43.4 Å². The van der Waals surface area contributed by atoms with E-state index in [-0.39, 0.29) is 29.5 Å². The van der Waals surface area contributed by atoms with E-state index in [1.807, 2.05) is 27.7 Å². The second kappa shape index (κ2) is 4.00. The van der Waals surface area contributed by atoms with E-state index in [1.165, 1.54) is 0 Å². The highest BCUT2D eigenvalue weighted by atomic mass is 16.7. The van der Waals surface area contributed by atoms with Crippen LogP contribution in [0.25, 0.3) is 0 Å². The lowest BCUT2D eigenvalue weighted by Gasteiger charge is -2.32. The molecule has 0 aliphatic carbocycles. The summed E-state index contributed by atoms with van der Waals surface area (Å²) in [6.07, 6.45) is -0.199. The highest BCUT2D eigenvalue weighted by Gasteiger charge is 2.51. The Balaban J connectivity index is 2.52. The van der Waals surface area contributed by atoms with E-state index in [1.54, 1.807) is 7.05 Å². The van der Waals surface area contributed by atoms with Crippen molar-refractivity contribution in [1.82, 2.24) is 4.98 Å². The van der Waals surface area contributed by atoms with Crippen molar-refractivity contribution in [3.63, 3.8) is 0 Å². The fourth-order valence-electron chi connectivity index (χ4n) is 1.53. The molecule has 1 N–H and O–H groups in total. The molecule has 1 aromatic rings. The molecule has 0 amide bonds. The molecular weight excluding hydrogens is 215 g/mol. The second-order valence-corrected chi connectivity index (χ2v) is 5.07. The third-order valence-electron chi connectivity index (χ3n) is 3.34. The van der Waals surface area contributed by atoms with Crippen LogP contribution < -0.4 is 10.8 Å². The fourth-order valence-corrected chi connectivity index (χ4v) is 1.53. The quantitative estimate of drug-likeness (QED) is 0.790. The molecule has 1 aliphatic rings. The molecule has 0 bridgehead atoms. The first-order valence-corrected chi connectivity index (χ1v) is 5.62. The first kappa shape index (κ1) is 8.94. The largest absolute Gasteiger partial charge is 0.495 e. The molecule has 0 saturated carbocycles. The molecule has 5 heteroatoms. The van der Waals surface area contributed by atoms with Gasteiger partial charge in [-0.2, -0.15) is 0 Å². The van der Waals surface area contributed by atoms with E-state index in [4.69, 9.17) is 13.4 Å². The van der Waals surface area contributed by atoms with Crippen molar-refractivity contribution >= 4 is 18.4 Å². The summed E-state index contributed by atoms with van der Waals surface area (Å²) < 4.78 is 35.6. The maximum atomic E-state index is 8.12. The lowest BCUT2D eigenvalue weighted by Crippen LogP contribution is -2.41. The van der Waals surface area contributed by atoms with Crippen molar-refractivity contribution in [2.24, 2.45) is 0 Å². The Morgan fingerprint density at radius 1 is 1.29 bits per heavy atom. The molecule has 2 heterocycles. The zero-order chi connectivity index (χ0) is 15.3. The van der Waals surface area contributed by atoms with Gasteiger partial charge >= 0.3 is 7.12 Å². The summed E-state index contributed by atoms with van der Waals surface area (Å²) in [6, 6.07) is -0.0977. The first-order valence-electron chi connectivity index (χ1n) is 7.12. The van der Waals surface area contributed by atoms with Gasteiger partial charge in [-0.25, -0.2) is 4.98 Å². The van der Waals surface area contributed by atoms with Gasteiger partial charge in [-0.15, -0.1) is 0 Å². The summed E-state index contributed by atoms with van der Waals surface area (Å²) in [7, 11) is 0.788. The predicted octanol–water partition coefficient (Wildman–Crippen LogP) is 1.42. The molecule has 0 spiro atoms. The van der Waals surface area contributed by atoms with Crippen molar-refractivity contribution in [2.45, 2.75) is 38.9 Å². The molecule has 0 aromatic carbocycles. The highest BCUT2D eigenvalue weighted by Crippen LogP contribution is 2.36. The lowest BCUT2D eigenvalue weighted by atomic mass is 9.80. The van der Waals surface area contributed by atoms with Gasteiger partial charge < -0.3 is 14.6 Å². The maximum Gasteiger partial charge on any atom is 0.495 e. The Morgan fingerprint density at radius 3 is 2.41 bits per heavy atom. The van der Waals surface area contributed by atoms with Crippen molar-refractivity contribution in [2.75, 3.05) is 12.4 Å². The number of pyridine rings is 1. The highest BCUT2D eigenvalue weighted by molar-refractivity contribution is 6.62. The summed E-state index contributed by atoms with van der Waals surface area (Å²) in [5.41, 5.74) is -0.864. The van der Waals surface area contributed by atoms with Gasteiger partial charge in [0.1, 0.15) is 5.82 Å². The molecule has 4 nitrogen and oxygen atoms in total. The Morgan fingerprint density at radius 2 is 1.88 bits per heavy atom. The normalized spacial score (nSPS) is 24.1. The molecule has 0 unspecified atom stereocenters. The van der Waals surface area contributed by atoms with E-state index >= 15 is 0 Å². The fraction of sp³-hybridized carbons (Fsp3) is 0.583. The molecule has 92 valence electrons. The Labute approximate surface area is 107 Å². The Kier molecular flexibility index (Phi) is 2.10. The Hall–Kier alpha value is -1.07. The number of rotatable bonds is 2. The van der Waals surface area contributed by atoms with Gasteiger partial charge in [-0.3, -0.25) is 0 Å². The molecule has 2 rings (SSSR count). The van der Waals surface area contributed by atoms with E-state index < -0.39 is 18.3 Å². The van der Waals surface area contributed by atoms with Gasteiger partial charge in [0.25, 0.3) is 0 Å². The standard InChI is InChI=1S/C12H19BN2O2/c1-11(2)12(3,4)17-13(16-11)9-6-7-15-10(8-9)14-5/h6-8H,1-5H3,(H,14,15)/i6D,7D,8D. The van der Waals surface area contributed by atoms with Gasteiger partial charge in [0, 0.05) is 13.2 Å². The van der Waals surface area contributed by atoms with Crippen LogP contribution in [0.5, 0.6) is 0 Å². The van der Waals surface area contributed by atoms with Gasteiger partial charge in [-0.05, 0) is 45.2 Å². The minimum atomic E-state index is -0.834. The summed E-state index contributed by atoms with van der Waals surface area (Å²) in [6.45, 7) is 7.62. The van der Waals surface area contributed by atoms with E-state index in [2.05, 4.69) is 10.3 Å². The van der Waals surface area contributed by atoms with Gasteiger partial charge in [0.05, 0.1) is 15.3 Å². The molecular formula is C12H19BN2O2. The van der Waals surface area contributed by atoms with Gasteiger partial charge in [0.2, 0.25) is 0 Å². The van der Waals surface area contributed by atoms with Crippen LogP contribution in [-0.2, 0) is 9.31 Å². The van der Waals surface area contributed by atoms with Crippen LogP contribution in [0.1, 0.15) is 31.8 Å². The van der Waals surface area contributed by atoms with Crippen LogP contribution in [0.3, 0.4) is 0 Å². The summed E-state index contributed by atoms with van der Waals surface area (Å²) in [5, 5.41) is 2.76. The summed E-state index contributed by atoms with van der Waals surface area (Å²) in [4.78, 5) is 3.86. The first-order chi connectivity index (χ1) is 9.10. The molecule has 1 fully saturated rings. The van der Waals surface area contributed by atoms with Crippen molar-refractivity contribution < 1.29 is 13.4 Å². The molecule has 1 saturated heterocycles. The summed E-state index contributed by atoms with van der Waals surface area (Å²) >= 11 is 0. The number of anilines is 1. The number of aromatic nitrogens is 1. The smallest absolute Gasteiger partial charge is 0.399 e. The number of nitrogens with zero attached hydrogens (tertiary/aromatic N) is 1. The monoisotopic (exact) mass is 237 g/mol. The van der Waals surface area contributed by atoms with Crippen LogP contribution in [0.15, 0.2) is 18.3 Å². The SMILES string of the molecule is [2H]c1nc(NC)c([2H])c(B2OC(C)(C)C(C)(C)O2)c1[2H]. The van der Waals surface area contributed by atoms with Gasteiger partial charge in [0.15, 0.2) is 0 Å². The third kappa shape index (κ3) is 2.17. The minimum Gasteiger partial charge on any atom is -0.399 e. The van der Waals surface area contributed by atoms with Crippen LogP contribution in [0, 0.1) is 0 Å². The zero-order valence-electron chi connectivity index (χ0n) is 13.8. The molecule has 0 atom stereocenters. The number of hydrogen-bond acceptors (Lipinski definition) is 4. The van der Waals surface area contributed by atoms with E-state index in [0.717, 1.165) is 0 Å². The maximum absolute atomic E-state index is 8.12. The molecule has 1 aromatic heterocycles. The predicted molar refractivity (Wildman–Crippen MR) is 69.5 cm³/mol. The Bertz CT molecular complexity index is 536. The van der Waals surface area contributed by atoms with Gasteiger partial charge in [-0.1, -0.05) is 0 Å². The second-order valence-electron chi connectivity index (χ2n) is 5.07. The van der Waals surface area contributed by atoms with Crippen molar-refractivity contribution in [3.8, 4) is 0 Å². The van der Waals surface area contributed by atoms with Crippen LogP contribution in [0.2, 0.25) is 0 Å². The third-order valence-corrected chi connectivity index (χ3v) is 3.34. The van der Waals surface area contributed by atoms with Crippen LogP contribution in [0.4, 0.5) is 5.82 Å². The number of hydrogen-bond donors (Lipinski definition) is 1. The molecule has 1 aliphatic heterocycles. The van der Waals surface area contributed by atoms with Crippen molar-refractivity contribution in [3.05, 3.63) is 18.3 Å². The van der Waals surface area contributed by atoms with E-state index in [9.17, 15) is 0 Å². The number of nitrogens with one attached hydrogen (secondary N) is 1. The zero-order valence-corrected chi connectivity index (χ0v) is 10.8. The average molecular weight is 237 g/mol. The molecule has 0 radical (unpaired) electrons. The summed E-state index contributed by atoms with van der Waals surface area (Å²) in [5.74, 6) is 0.246. The minimum absolute atomic E-state index is 0.0343. The van der Waals surface area contributed by atoms with Crippen molar-refractivity contribution in [1.29, 1.82) is 0 Å². The van der Waals surface area contributed by atoms with E-state index in [0.29, 0.717) is 0 Å². The van der Waals surface area contributed by atoms with Crippen LogP contribution in [-0.4, -0.2) is 30.4 Å².